The van der Waals surface area contributed by atoms with Crippen molar-refractivity contribution >= 4 is 11.6 Å². The number of rotatable bonds is 4. The number of hydrogen-bond acceptors (Lipinski definition) is 2. The van der Waals surface area contributed by atoms with Crippen molar-refractivity contribution in [1.82, 2.24) is 0 Å². The Balaban J connectivity index is 1.57. The lowest BCUT2D eigenvalue weighted by atomic mass is 10.1. The van der Waals surface area contributed by atoms with Crippen molar-refractivity contribution in [3.05, 3.63) is 59.2 Å². The molecule has 3 rings (SSSR count). The molecule has 1 amide bonds. The van der Waals surface area contributed by atoms with Crippen molar-refractivity contribution in [3.63, 3.8) is 0 Å². The molecule has 21 heavy (non-hydrogen) atoms. The normalized spacial score (nSPS) is 12.8. The Morgan fingerprint density at radius 2 is 2.00 bits per heavy atom. The minimum Gasteiger partial charge on any atom is -0.484 e. The van der Waals surface area contributed by atoms with E-state index < -0.39 is 0 Å². The zero-order valence-electron chi connectivity index (χ0n) is 12.2. The van der Waals surface area contributed by atoms with E-state index in [4.69, 9.17) is 4.74 Å². The van der Waals surface area contributed by atoms with E-state index in [1.54, 1.807) is 0 Å². The van der Waals surface area contributed by atoms with Crippen LogP contribution in [0.3, 0.4) is 0 Å². The lowest BCUT2D eigenvalue weighted by molar-refractivity contribution is -0.118. The quantitative estimate of drug-likeness (QED) is 0.931. The molecule has 0 spiro atoms. The van der Waals surface area contributed by atoms with Crippen LogP contribution in [-0.4, -0.2) is 12.5 Å². The summed E-state index contributed by atoms with van der Waals surface area (Å²) in [4.78, 5) is 11.9. The van der Waals surface area contributed by atoms with Gasteiger partial charge < -0.3 is 10.1 Å². The number of fused-ring (bicyclic) bond motifs is 1. The minimum absolute atomic E-state index is 0.0283. The molecule has 0 aromatic heterocycles. The Kier molecular flexibility index (Phi) is 3.91. The Morgan fingerprint density at radius 1 is 1.14 bits per heavy atom. The molecule has 3 nitrogen and oxygen atoms in total. The first-order valence-electron chi connectivity index (χ1n) is 7.32. The second-order valence-corrected chi connectivity index (χ2v) is 5.49. The average Bonchev–Trinajstić information content (AvgIpc) is 2.93. The van der Waals surface area contributed by atoms with Gasteiger partial charge in [-0.05, 0) is 67.1 Å². The summed E-state index contributed by atoms with van der Waals surface area (Å²) in [7, 11) is 0. The first-order valence-corrected chi connectivity index (χ1v) is 7.32. The third kappa shape index (κ3) is 3.43. The van der Waals surface area contributed by atoms with Gasteiger partial charge in [-0.3, -0.25) is 4.79 Å². The molecule has 108 valence electrons. The molecule has 0 atom stereocenters. The van der Waals surface area contributed by atoms with Crippen LogP contribution >= 0.6 is 0 Å². The first-order chi connectivity index (χ1) is 10.2. The monoisotopic (exact) mass is 281 g/mol. The fourth-order valence-electron chi connectivity index (χ4n) is 2.70. The van der Waals surface area contributed by atoms with Crippen LogP contribution in [0.1, 0.15) is 23.1 Å². The topological polar surface area (TPSA) is 38.3 Å². The van der Waals surface area contributed by atoms with E-state index in [-0.39, 0.29) is 12.5 Å². The summed E-state index contributed by atoms with van der Waals surface area (Å²) in [6.07, 6.45) is 3.47. The number of nitrogens with one attached hydrogen (secondary N) is 1. The van der Waals surface area contributed by atoms with Crippen molar-refractivity contribution < 1.29 is 9.53 Å². The molecule has 2 aromatic rings. The molecule has 0 unspecified atom stereocenters. The molecule has 1 N–H and O–H groups in total. The largest absolute Gasteiger partial charge is 0.484 e. The third-order valence-electron chi connectivity index (χ3n) is 3.74. The first kappa shape index (κ1) is 13.7. The van der Waals surface area contributed by atoms with Crippen LogP contribution in [0.5, 0.6) is 5.75 Å². The van der Waals surface area contributed by atoms with Gasteiger partial charge in [0.1, 0.15) is 5.75 Å². The lowest BCUT2D eigenvalue weighted by Gasteiger charge is -2.09. The van der Waals surface area contributed by atoms with E-state index in [0.717, 1.165) is 29.8 Å². The molecule has 0 saturated carbocycles. The number of aryl methyl sites for hydroxylation is 3. The van der Waals surface area contributed by atoms with Gasteiger partial charge in [-0.1, -0.05) is 18.2 Å². The second kappa shape index (κ2) is 6.00. The van der Waals surface area contributed by atoms with Gasteiger partial charge in [0.15, 0.2) is 6.61 Å². The van der Waals surface area contributed by atoms with Crippen molar-refractivity contribution in [3.8, 4) is 5.75 Å². The van der Waals surface area contributed by atoms with Crippen LogP contribution in [-0.2, 0) is 17.6 Å². The van der Waals surface area contributed by atoms with Gasteiger partial charge in [-0.2, -0.15) is 0 Å². The van der Waals surface area contributed by atoms with Gasteiger partial charge >= 0.3 is 0 Å². The van der Waals surface area contributed by atoms with E-state index in [9.17, 15) is 4.79 Å². The van der Waals surface area contributed by atoms with Crippen LogP contribution < -0.4 is 10.1 Å². The molecule has 0 heterocycles. The summed E-state index contributed by atoms with van der Waals surface area (Å²) < 4.78 is 5.50. The number of anilines is 1. The maximum absolute atomic E-state index is 11.9. The maximum Gasteiger partial charge on any atom is 0.262 e. The highest BCUT2D eigenvalue weighted by atomic mass is 16.5. The minimum atomic E-state index is -0.130. The molecule has 3 heteroatoms. The maximum atomic E-state index is 11.9. The molecule has 0 radical (unpaired) electrons. The van der Waals surface area contributed by atoms with E-state index in [2.05, 4.69) is 17.4 Å². The standard InChI is InChI=1S/C18H19NO2/c1-13-4-2-7-17(10-13)21-12-18(20)19-16-9-8-14-5-3-6-15(14)11-16/h2,4,7-11H,3,5-6,12H2,1H3,(H,19,20). The van der Waals surface area contributed by atoms with Gasteiger partial charge in [0.25, 0.3) is 5.91 Å². The predicted octanol–water partition coefficient (Wildman–Crippen LogP) is 3.50. The molecule has 0 fully saturated rings. The summed E-state index contributed by atoms with van der Waals surface area (Å²) in [6, 6.07) is 13.8. The van der Waals surface area contributed by atoms with Gasteiger partial charge in [0.05, 0.1) is 0 Å². The van der Waals surface area contributed by atoms with Crippen molar-refractivity contribution in [1.29, 1.82) is 0 Å². The Labute approximate surface area is 124 Å². The molecule has 0 aliphatic heterocycles. The highest BCUT2D eigenvalue weighted by Gasteiger charge is 2.12. The van der Waals surface area contributed by atoms with Crippen LogP contribution in [0, 0.1) is 6.92 Å². The molecule has 1 aliphatic rings. The Hall–Kier alpha value is -2.29. The highest BCUT2D eigenvalue weighted by Crippen LogP contribution is 2.24. The lowest BCUT2D eigenvalue weighted by Crippen LogP contribution is -2.20. The zero-order valence-corrected chi connectivity index (χ0v) is 12.2. The van der Waals surface area contributed by atoms with Crippen LogP contribution in [0.4, 0.5) is 5.69 Å². The second-order valence-electron chi connectivity index (χ2n) is 5.49. The van der Waals surface area contributed by atoms with Crippen LogP contribution in [0.25, 0.3) is 0 Å². The van der Waals surface area contributed by atoms with Crippen molar-refractivity contribution in [2.24, 2.45) is 0 Å². The summed E-state index contributed by atoms with van der Waals surface area (Å²) >= 11 is 0. The summed E-state index contributed by atoms with van der Waals surface area (Å²) in [5, 5.41) is 2.89. The molecular formula is C18H19NO2. The average molecular weight is 281 g/mol. The van der Waals surface area contributed by atoms with Gasteiger partial charge in [-0.15, -0.1) is 0 Å². The van der Waals surface area contributed by atoms with Crippen LogP contribution in [0.15, 0.2) is 42.5 Å². The van der Waals surface area contributed by atoms with E-state index in [1.807, 2.05) is 37.3 Å². The van der Waals surface area contributed by atoms with E-state index in [1.165, 1.54) is 17.5 Å². The number of hydrogen-bond donors (Lipinski definition) is 1. The number of amides is 1. The number of carbonyl (C=O) groups is 1. The number of ether oxygens (including phenoxy) is 1. The Morgan fingerprint density at radius 3 is 2.86 bits per heavy atom. The van der Waals surface area contributed by atoms with Gasteiger partial charge in [-0.25, -0.2) is 0 Å². The number of benzene rings is 2. The summed E-state index contributed by atoms with van der Waals surface area (Å²) in [5.41, 5.74) is 4.73. The SMILES string of the molecule is Cc1cccc(OCC(=O)Nc2ccc3c(c2)CCC3)c1. The smallest absolute Gasteiger partial charge is 0.262 e. The molecule has 0 bridgehead atoms. The fourth-order valence-corrected chi connectivity index (χ4v) is 2.70. The molecule has 1 aliphatic carbocycles. The fraction of sp³-hybridized carbons (Fsp3) is 0.278. The van der Waals surface area contributed by atoms with Crippen molar-refractivity contribution in [2.45, 2.75) is 26.2 Å². The zero-order chi connectivity index (χ0) is 14.7. The van der Waals surface area contributed by atoms with Gasteiger partial charge in [0.2, 0.25) is 0 Å². The van der Waals surface area contributed by atoms with E-state index in [0.29, 0.717) is 0 Å². The highest BCUT2D eigenvalue weighted by molar-refractivity contribution is 5.92. The molecule has 2 aromatic carbocycles. The Bertz CT molecular complexity index is 664. The summed E-state index contributed by atoms with van der Waals surface area (Å²) in [6.45, 7) is 2.03. The van der Waals surface area contributed by atoms with E-state index >= 15 is 0 Å². The van der Waals surface area contributed by atoms with Crippen LogP contribution in [0.2, 0.25) is 0 Å². The molecule has 0 saturated heterocycles. The number of carbonyl (C=O) groups excluding carboxylic acids is 1. The van der Waals surface area contributed by atoms with Crippen molar-refractivity contribution in [2.75, 3.05) is 11.9 Å². The van der Waals surface area contributed by atoms with Gasteiger partial charge in [0, 0.05) is 5.69 Å². The third-order valence-corrected chi connectivity index (χ3v) is 3.74. The predicted molar refractivity (Wildman–Crippen MR) is 83.8 cm³/mol. The summed E-state index contributed by atoms with van der Waals surface area (Å²) in [5.74, 6) is 0.591. The molecular weight excluding hydrogens is 262 g/mol.